The molecule has 3 nitrogen and oxygen atoms in total. The Hall–Kier alpha value is -0.510. The maximum Gasteiger partial charge on any atom is 0.202 e. The van der Waals surface area contributed by atoms with Gasteiger partial charge in [0.1, 0.15) is 0 Å². The van der Waals surface area contributed by atoms with E-state index in [0.29, 0.717) is 10.9 Å². The van der Waals surface area contributed by atoms with Gasteiger partial charge in [-0.2, -0.15) is 0 Å². The molecular weight excluding hydrogens is 230 g/mol. The van der Waals surface area contributed by atoms with E-state index in [1.807, 2.05) is 17.8 Å². The Kier molecular flexibility index (Phi) is 3.78. The lowest BCUT2D eigenvalue weighted by Crippen LogP contribution is -2.20. The molecule has 0 radical (unpaired) electrons. The average molecular weight is 246 g/mol. The van der Waals surface area contributed by atoms with Gasteiger partial charge < -0.3 is 9.88 Å². The highest BCUT2D eigenvalue weighted by atomic mass is 79.9. The van der Waals surface area contributed by atoms with Crippen molar-refractivity contribution in [2.45, 2.75) is 31.1 Å². The van der Waals surface area contributed by atoms with Crippen molar-refractivity contribution in [1.29, 1.82) is 0 Å². The van der Waals surface area contributed by atoms with Gasteiger partial charge in [-0.3, -0.25) is 0 Å². The van der Waals surface area contributed by atoms with Crippen LogP contribution >= 0.6 is 15.9 Å². The molecule has 2 unspecified atom stereocenters. The van der Waals surface area contributed by atoms with Crippen molar-refractivity contribution < 1.29 is 0 Å². The smallest absolute Gasteiger partial charge is 0.202 e. The zero-order chi connectivity index (χ0) is 9.84. The number of anilines is 1. The van der Waals surface area contributed by atoms with Crippen molar-refractivity contribution in [3.05, 3.63) is 12.4 Å². The van der Waals surface area contributed by atoms with Crippen molar-refractivity contribution in [2.75, 3.05) is 5.32 Å². The van der Waals surface area contributed by atoms with E-state index >= 15 is 0 Å². The van der Waals surface area contributed by atoms with Crippen LogP contribution in [0.25, 0.3) is 0 Å². The molecule has 13 heavy (non-hydrogen) atoms. The number of imidazole rings is 1. The first kappa shape index (κ1) is 10.6. The van der Waals surface area contributed by atoms with Gasteiger partial charge in [-0.15, -0.1) is 0 Å². The summed E-state index contributed by atoms with van der Waals surface area (Å²) >= 11 is 3.53. The number of hydrogen-bond acceptors (Lipinski definition) is 2. The van der Waals surface area contributed by atoms with Gasteiger partial charge in [0.2, 0.25) is 5.95 Å². The SMILES string of the molecule is CC(Br)CC(C)Nc1nccn1C. The summed E-state index contributed by atoms with van der Waals surface area (Å²) in [6, 6.07) is 0.440. The van der Waals surface area contributed by atoms with E-state index in [0.717, 1.165) is 12.4 Å². The number of halogens is 1. The minimum absolute atomic E-state index is 0.440. The van der Waals surface area contributed by atoms with Crippen molar-refractivity contribution >= 4 is 21.9 Å². The first-order valence-electron chi connectivity index (χ1n) is 4.47. The van der Waals surface area contributed by atoms with E-state index in [1.54, 1.807) is 6.20 Å². The summed E-state index contributed by atoms with van der Waals surface area (Å²) in [5, 5.41) is 3.34. The molecule has 1 aromatic heterocycles. The molecule has 2 atom stereocenters. The van der Waals surface area contributed by atoms with Crippen LogP contribution in [0.4, 0.5) is 5.95 Å². The van der Waals surface area contributed by atoms with E-state index in [1.165, 1.54) is 0 Å². The maximum absolute atomic E-state index is 4.20. The number of nitrogens with one attached hydrogen (secondary N) is 1. The molecule has 0 saturated heterocycles. The minimum atomic E-state index is 0.440. The van der Waals surface area contributed by atoms with Gasteiger partial charge in [-0.25, -0.2) is 4.98 Å². The summed E-state index contributed by atoms with van der Waals surface area (Å²) in [6.45, 7) is 4.31. The summed E-state index contributed by atoms with van der Waals surface area (Å²) in [5.41, 5.74) is 0. The summed E-state index contributed by atoms with van der Waals surface area (Å²) in [4.78, 5) is 4.74. The Morgan fingerprint density at radius 3 is 2.77 bits per heavy atom. The number of hydrogen-bond donors (Lipinski definition) is 1. The van der Waals surface area contributed by atoms with Gasteiger partial charge in [0.15, 0.2) is 0 Å². The molecular formula is C9H16BrN3. The topological polar surface area (TPSA) is 29.9 Å². The number of rotatable bonds is 4. The van der Waals surface area contributed by atoms with Crippen molar-refractivity contribution in [2.24, 2.45) is 7.05 Å². The summed E-state index contributed by atoms with van der Waals surface area (Å²) in [5.74, 6) is 0.931. The first-order chi connectivity index (χ1) is 6.09. The van der Waals surface area contributed by atoms with Crippen LogP contribution in [0, 0.1) is 0 Å². The highest BCUT2D eigenvalue weighted by Crippen LogP contribution is 2.11. The molecule has 1 aromatic rings. The highest BCUT2D eigenvalue weighted by Gasteiger charge is 2.07. The van der Waals surface area contributed by atoms with Crippen molar-refractivity contribution in [1.82, 2.24) is 9.55 Å². The predicted molar refractivity (Wildman–Crippen MR) is 59.3 cm³/mol. The van der Waals surface area contributed by atoms with E-state index < -0.39 is 0 Å². The zero-order valence-electron chi connectivity index (χ0n) is 8.29. The summed E-state index contributed by atoms with van der Waals surface area (Å²) in [6.07, 6.45) is 4.83. The number of alkyl halides is 1. The lowest BCUT2D eigenvalue weighted by atomic mass is 10.2. The van der Waals surface area contributed by atoms with E-state index in [9.17, 15) is 0 Å². The third kappa shape index (κ3) is 3.38. The summed E-state index contributed by atoms with van der Waals surface area (Å²) in [7, 11) is 1.99. The van der Waals surface area contributed by atoms with Gasteiger partial charge in [0.05, 0.1) is 0 Å². The fraction of sp³-hybridized carbons (Fsp3) is 0.667. The van der Waals surface area contributed by atoms with Gasteiger partial charge in [-0.1, -0.05) is 22.9 Å². The molecule has 4 heteroatoms. The molecule has 74 valence electrons. The highest BCUT2D eigenvalue weighted by molar-refractivity contribution is 9.09. The minimum Gasteiger partial charge on any atom is -0.353 e. The fourth-order valence-corrected chi connectivity index (χ4v) is 1.83. The predicted octanol–water partition coefficient (Wildman–Crippen LogP) is 2.39. The number of nitrogens with zero attached hydrogens (tertiary/aromatic N) is 2. The quantitative estimate of drug-likeness (QED) is 0.826. The molecule has 0 bridgehead atoms. The van der Waals surface area contributed by atoms with Gasteiger partial charge in [0, 0.05) is 30.3 Å². The second kappa shape index (κ2) is 4.65. The molecule has 1 rings (SSSR count). The Bertz CT molecular complexity index is 257. The Morgan fingerprint density at radius 1 is 1.62 bits per heavy atom. The molecule has 0 saturated carbocycles. The van der Waals surface area contributed by atoms with Crippen LogP contribution in [-0.2, 0) is 7.05 Å². The van der Waals surface area contributed by atoms with E-state index in [-0.39, 0.29) is 0 Å². The normalized spacial score (nSPS) is 15.4. The van der Waals surface area contributed by atoms with Crippen LogP contribution in [0.3, 0.4) is 0 Å². The largest absolute Gasteiger partial charge is 0.353 e. The molecule has 0 aliphatic carbocycles. The maximum atomic E-state index is 4.20. The van der Waals surface area contributed by atoms with E-state index in [4.69, 9.17) is 0 Å². The molecule has 0 amide bonds. The van der Waals surface area contributed by atoms with Crippen LogP contribution in [0.2, 0.25) is 0 Å². The molecule has 1 N–H and O–H groups in total. The van der Waals surface area contributed by atoms with Crippen LogP contribution in [-0.4, -0.2) is 20.4 Å². The van der Waals surface area contributed by atoms with Crippen LogP contribution < -0.4 is 5.32 Å². The molecule has 0 aliphatic heterocycles. The van der Waals surface area contributed by atoms with Crippen LogP contribution in [0.5, 0.6) is 0 Å². The average Bonchev–Trinajstić information content (AvgIpc) is 2.34. The van der Waals surface area contributed by atoms with Crippen molar-refractivity contribution in [3.63, 3.8) is 0 Å². The fourth-order valence-electron chi connectivity index (χ4n) is 1.27. The molecule has 0 aliphatic rings. The van der Waals surface area contributed by atoms with Crippen LogP contribution in [0.15, 0.2) is 12.4 Å². The Morgan fingerprint density at radius 2 is 2.31 bits per heavy atom. The third-order valence-electron chi connectivity index (χ3n) is 1.88. The number of aromatic nitrogens is 2. The summed E-state index contributed by atoms with van der Waals surface area (Å²) < 4.78 is 1.98. The second-order valence-electron chi connectivity index (χ2n) is 3.42. The third-order valence-corrected chi connectivity index (χ3v) is 2.25. The molecule has 1 heterocycles. The molecule has 0 spiro atoms. The lowest BCUT2D eigenvalue weighted by Gasteiger charge is -2.15. The first-order valence-corrected chi connectivity index (χ1v) is 5.39. The van der Waals surface area contributed by atoms with Gasteiger partial charge in [-0.05, 0) is 13.3 Å². The Balaban J connectivity index is 2.45. The second-order valence-corrected chi connectivity index (χ2v) is 4.99. The monoisotopic (exact) mass is 245 g/mol. The van der Waals surface area contributed by atoms with E-state index in [2.05, 4.69) is 40.1 Å². The lowest BCUT2D eigenvalue weighted by molar-refractivity contribution is 0.694. The molecule has 0 fully saturated rings. The zero-order valence-corrected chi connectivity index (χ0v) is 9.87. The van der Waals surface area contributed by atoms with Gasteiger partial charge >= 0.3 is 0 Å². The number of aryl methyl sites for hydroxylation is 1. The van der Waals surface area contributed by atoms with Gasteiger partial charge in [0.25, 0.3) is 0 Å². The molecule has 0 aromatic carbocycles. The Labute approximate surface area is 87.7 Å². The van der Waals surface area contributed by atoms with Crippen molar-refractivity contribution in [3.8, 4) is 0 Å². The standard InChI is InChI=1S/C9H16BrN3/c1-7(10)6-8(2)12-9-11-4-5-13(9)3/h4-5,7-8H,6H2,1-3H3,(H,11,12). The van der Waals surface area contributed by atoms with Crippen LogP contribution in [0.1, 0.15) is 20.3 Å².